The molecule has 0 aromatic heterocycles. The number of carboxylic acid groups (broad SMARTS) is 1. The van der Waals surface area contributed by atoms with E-state index in [1.54, 1.807) is 0 Å². The Labute approximate surface area is 89.7 Å². The van der Waals surface area contributed by atoms with Gasteiger partial charge in [0.15, 0.2) is 11.6 Å². The zero-order chi connectivity index (χ0) is 12.5. The minimum Gasteiger partial charge on any atom is -0.481 e. The van der Waals surface area contributed by atoms with Gasteiger partial charge in [0.05, 0.1) is 5.92 Å². The third-order valence-corrected chi connectivity index (χ3v) is 2.17. The van der Waals surface area contributed by atoms with Gasteiger partial charge < -0.3 is 10.8 Å². The lowest BCUT2D eigenvalue weighted by Gasteiger charge is -2.17. The van der Waals surface area contributed by atoms with Crippen LogP contribution >= 0.6 is 0 Å². The smallest absolute Gasteiger partial charge is 0.312 e. The fraction of sp³-hybridized carbons (Fsp3) is 0.300. The van der Waals surface area contributed by atoms with Crippen molar-refractivity contribution in [2.24, 2.45) is 5.73 Å². The second kappa shape index (κ2) is 4.52. The molecule has 0 aliphatic heterocycles. The molecule has 0 aliphatic carbocycles. The summed E-state index contributed by atoms with van der Waals surface area (Å²) in [6.45, 7) is 1.35. The lowest BCUT2D eigenvalue weighted by atomic mass is 9.92. The second-order valence-electron chi connectivity index (χ2n) is 3.46. The Morgan fingerprint density at radius 2 is 1.75 bits per heavy atom. The SMILES string of the molecule is CC(N)[C@H](C(=O)O)c1cc(F)c(F)cc1F. The van der Waals surface area contributed by atoms with Gasteiger partial charge in [-0.05, 0) is 13.0 Å². The molecule has 1 aromatic carbocycles. The van der Waals surface area contributed by atoms with Gasteiger partial charge in [0.25, 0.3) is 0 Å². The van der Waals surface area contributed by atoms with E-state index in [0.717, 1.165) is 0 Å². The number of benzene rings is 1. The average molecular weight is 233 g/mol. The first-order valence-corrected chi connectivity index (χ1v) is 4.47. The molecule has 1 rings (SSSR count). The predicted octanol–water partition coefficient (Wildman–Crippen LogP) is 1.62. The fourth-order valence-electron chi connectivity index (χ4n) is 1.42. The molecule has 1 aromatic rings. The number of hydrogen-bond acceptors (Lipinski definition) is 2. The Bertz CT molecular complexity index is 421. The summed E-state index contributed by atoms with van der Waals surface area (Å²) in [7, 11) is 0. The van der Waals surface area contributed by atoms with Crippen LogP contribution in [0.4, 0.5) is 13.2 Å². The van der Waals surface area contributed by atoms with Gasteiger partial charge in [0.2, 0.25) is 0 Å². The Kier molecular flexibility index (Phi) is 3.54. The van der Waals surface area contributed by atoms with E-state index in [1.165, 1.54) is 6.92 Å². The van der Waals surface area contributed by atoms with Crippen LogP contribution in [0, 0.1) is 17.5 Å². The number of aliphatic carboxylic acids is 1. The van der Waals surface area contributed by atoms with Crippen LogP contribution < -0.4 is 5.73 Å². The molecule has 0 spiro atoms. The average Bonchev–Trinajstić information content (AvgIpc) is 2.12. The number of hydrogen-bond donors (Lipinski definition) is 2. The predicted molar refractivity (Wildman–Crippen MR) is 50.3 cm³/mol. The van der Waals surface area contributed by atoms with Crippen LogP contribution in [0.2, 0.25) is 0 Å². The topological polar surface area (TPSA) is 63.3 Å². The van der Waals surface area contributed by atoms with E-state index in [0.29, 0.717) is 12.1 Å². The largest absolute Gasteiger partial charge is 0.481 e. The molecule has 0 amide bonds. The number of rotatable bonds is 3. The fourth-order valence-corrected chi connectivity index (χ4v) is 1.42. The minimum atomic E-state index is -1.41. The zero-order valence-corrected chi connectivity index (χ0v) is 8.38. The van der Waals surface area contributed by atoms with Crippen LogP contribution in [0.3, 0.4) is 0 Å². The molecule has 0 heterocycles. The highest BCUT2D eigenvalue weighted by Crippen LogP contribution is 2.24. The summed E-state index contributed by atoms with van der Waals surface area (Å²) in [4.78, 5) is 10.8. The maximum Gasteiger partial charge on any atom is 0.312 e. The van der Waals surface area contributed by atoms with Gasteiger partial charge in [-0.15, -0.1) is 0 Å². The second-order valence-corrected chi connectivity index (χ2v) is 3.46. The Morgan fingerprint density at radius 1 is 1.25 bits per heavy atom. The molecule has 0 aliphatic rings. The molecule has 16 heavy (non-hydrogen) atoms. The highest BCUT2D eigenvalue weighted by Gasteiger charge is 2.28. The van der Waals surface area contributed by atoms with Crippen molar-refractivity contribution in [3.8, 4) is 0 Å². The number of halogens is 3. The van der Waals surface area contributed by atoms with Crippen molar-refractivity contribution in [3.05, 3.63) is 35.1 Å². The molecule has 0 bridgehead atoms. The number of carbonyl (C=O) groups is 1. The molecule has 0 saturated heterocycles. The first-order chi connectivity index (χ1) is 7.34. The maximum atomic E-state index is 13.3. The van der Waals surface area contributed by atoms with E-state index in [1.807, 2.05) is 0 Å². The Hall–Kier alpha value is -1.56. The molecule has 6 heteroatoms. The van der Waals surface area contributed by atoms with Crippen LogP contribution in [0.5, 0.6) is 0 Å². The molecular weight excluding hydrogens is 223 g/mol. The van der Waals surface area contributed by atoms with Gasteiger partial charge in [0.1, 0.15) is 5.82 Å². The lowest BCUT2D eigenvalue weighted by Crippen LogP contribution is -2.31. The lowest BCUT2D eigenvalue weighted by molar-refractivity contribution is -0.139. The van der Waals surface area contributed by atoms with Crippen molar-refractivity contribution in [2.75, 3.05) is 0 Å². The van der Waals surface area contributed by atoms with Gasteiger partial charge >= 0.3 is 5.97 Å². The third kappa shape index (κ3) is 2.33. The van der Waals surface area contributed by atoms with E-state index < -0.39 is 40.9 Å². The van der Waals surface area contributed by atoms with E-state index >= 15 is 0 Å². The molecule has 1 unspecified atom stereocenters. The Morgan fingerprint density at radius 3 is 2.19 bits per heavy atom. The van der Waals surface area contributed by atoms with Crippen molar-refractivity contribution in [1.29, 1.82) is 0 Å². The Balaban J connectivity index is 3.30. The molecule has 2 atom stereocenters. The highest BCUT2D eigenvalue weighted by atomic mass is 19.2. The summed E-state index contributed by atoms with van der Waals surface area (Å²) in [5.74, 6) is -6.59. The van der Waals surface area contributed by atoms with Crippen LogP contribution in [-0.2, 0) is 4.79 Å². The molecule has 0 fully saturated rings. The number of nitrogens with two attached hydrogens (primary N) is 1. The zero-order valence-electron chi connectivity index (χ0n) is 8.38. The summed E-state index contributed by atoms with van der Waals surface area (Å²) in [6.07, 6.45) is 0. The maximum absolute atomic E-state index is 13.3. The quantitative estimate of drug-likeness (QED) is 0.780. The van der Waals surface area contributed by atoms with Crippen molar-refractivity contribution in [1.82, 2.24) is 0 Å². The van der Waals surface area contributed by atoms with Gasteiger partial charge in [-0.1, -0.05) is 0 Å². The molecular formula is C10H10F3NO2. The van der Waals surface area contributed by atoms with Gasteiger partial charge in [-0.25, -0.2) is 13.2 Å². The summed E-state index contributed by atoms with van der Waals surface area (Å²) >= 11 is 0. The molecule has 88 valence electrons. The van der Waals surface area contributed by atoms with E-state index in [-0.39, 0.29) is 0 Å². The van der Waals surface area contributed by atoms with E-state index in [9.17, 15) is 18.0 Å². The van der Waals surface area contributed by atoms with Gasteiger partial charge in [-0.2, -0.15) is 0 Å². The molecule has 3 nitrogen and oxygen atoms in total. The van der Waals surface area contributed by atoms with Crippen molar-refractivity contribution in [3.63, 3.8) is 0 Å². The van der Waals surface area contributed by atoms with Crippen LogP contribution in [0.1, 0.15) is 18.4 Å². The monoisotopic (exact) mass is 233 g/mol. The van der Waals surface area contributed by atoms with Gasteiger partial charge in [0, 0.05) is 17.7 Å². The van der Waals surface area contributed by atoms with E-state index in [4.69, 9.17) is 10.8 Å². The summed E-state index contributed by atoms with van der Waals surface area (Å²) in [6, 6.07) is -0.0904. The summed E-state index contributed by atoms with van der Waals surface area (Å²) in [5, 5.41) is 8.82. The molecule has 3 N–H and O–H groups in total. The van der Waals surface area contributed by atoms with Crippen LogP contribution in [-0.4, -0.2) is 17.1 Å². The highest BCUT2D eigenvalue weighted by molar-refractivity contribution is 5.77. The minimum absolute atomic E-state index is 0.309. The van der Waals surface area contributed by atoms with Crippen LogP contribution in [0.25, 0.3) is 0 Å². The number of carboxylic acids is 1. The summed E-state index contributed by atoms with van der Waals surface area (Å²) < 4.78 is 38.8. The first-order valence-electron chi connectivity index (χ1n) is 4.47. The van der Waals surface area contributed by atoms with Crippen molar-refractivity contribution < 1.29 is 23.1 Å². The first kappa shape index (κ1) is 12.5. The van der Waals surface area contributed by atoms with Crippen LogP contribution in [0.15, 0.2) is 12.1 Å². The normalized spacial score (nSPS) is 14.6. The van der Waals surface area contributed by atoms with E-state index in [2.05, 4.69) is 0 Å². The standard InChI is InChI=1S/C10H10F3NO2/c1-4(14)9(10(15)16)5-2-7(12)8(13)3-6(5)11/h2-4,9H,14H2,1H3,(H,15,16)/t4?,9-/m0/s1. The summed E-state index contributed by atoms with van der Waals surface area (Å²) in [5.41, 5.74) is 4.91. The van der Waals surface area contributed by atoms with Crippen molar-refractivity contribution in [2.45, 2.75) is 18.9 Å². The van der Waals surface area contributed by atoms with Gasteiger partial charge in [-0.3, -0.25) is 4.79 Å². The third-order valence-electron chi connectivity index (χ3n) is 2.17. The molecule has 0 radical (unpaired) electrons. The van der Waals surface area contributed by atoms with Crippen molar-refractivity contribution >= 4 is 5.97 Å². The molecule has 0 saturated carbocycles.